The van der Waals surface area contributed by atoms with Gasteiger partial charge < -0.3 is 10.6 Å². The Morgan fingerprint density at radius 2 is 1.39 bits per heavy atom. The molecule has 2 N–H and O–H groups in total. The number of nitrogens with two attached hydrogens (primary N) is 1. The van der Waals surface area contributed by atoms with Crippen LogP contribution in [0.1, 0.15) is 70.1 Å². The third kappa shape index (κ3) is 12.7. The van der Waals surface area contributed by atoms with Gasteiger partial charge in [-0.25, -0.2) is 4.98 Å². The molecular formula is C23H39BrCl3N3S. The zero-order valence-corrected chi connectivity index (χ0v) is 23.6. The molecule has 1 aromatic carbocycles. The average Bonchev–Trinajstić information content (AvgIpc) is 3.07. The second-order valence-corrected chi connectivity index (χ2v) is 9.57. The number of nitrogen functional groups attached to an aromatic ring is 1. The van der Waals surface area contributed by atoms with E-state index in [1.54, 1.807) is 11.3 Å². The summed E-state index contributed by atoms with van der Waals surface area (Å²) >= 11 is 5.16. The van der Waals surface area contributed by atoms with Crippen molar-refractivity contribution in [2.45, 2.75) is 71.6 Å². The minimum atomic E-state index is 0. The first-order chi connectivity index (χ1) is 13.6. The lowest BCUT2D eigenvalue weighted by molar-refractivity contribution is 0.264. The van der Waals surface area contributed by atoms with Crippen LogP contribution in [-0.4, -0.2) is 29.5 Å². The highest BCUT2D eigenvalue weighted by atomic mass is 79.9. The summed E-state index contributed by atoms with van der Waals surface area (Å²) in [5.41, 5.74) is 8.28. The van der Waals surface area contributed by atoms with Gasteiger partial charge in [0.05, 0.1) is 5.69 Å². The summed E-state index contributed by atoms with van der Waals surface area (Å²) in [6.45, 7) is 8.09. The molecule has 0 saturated carbocycles. The van der Waals surface area contributed by atoms with Gasteiger partial charge in [0.25, 0.3) is 0 Å². The van der Waals surface area contributed by atoms with Crippen LogP contribution in [0.2, 0.25) is 0 Å². The van der Waals surface area contributed by atoms with Gasteiger partial charge in [0, 0.05) is 21.5 Å². The van der Waals surface area contributed by atoms with Crippen molar-refractivity contribution in [1.82, 2.24) is 9.88 Å². The van der Waals surface area contributed by atoms with Gasteiger partial charge in [-0.15, -0.1) is 48.6 Å². The number of anilines is 1. The highest BCUT2D eigenvalue weighted by Crippen LogP contribution is 2.31. The molecule has 0 bridgehead atoms. The van der Waals surface area contributed by atoms with Crippen LogP contribution in [-0.2, 0) is 6.42 Å². The van der Waals surface area contributed by atoms with Gasteiger partial charge in [0.1, 0.15) is 0 Å². The molecule has 0 aliphatic heterocycles. The first-order valence-electron chi connectivity index (χ1n) is 10.9. The predicted octanol–water partition coefficient (Wildman–Crippen LogP) is 8.43. The van der Waals surface area contributed by atoms with Crippen LogP contribution >= 0.6 is 64.5 Å². The number of thiazole rings is 1. The van der Waals surface area contributed by atoms with Gasteiger partial charge in [-0.05, 0) is 44.5 Å². The molecule has 0 radical (unpaired) electrons. The number of halogens is 4. The maximum atomic E-state index is 6.06. The van der Waals surface area contributed by atoms with Crippen LogP contribution in [0.5, 0.6) is 0 Å². The number of hydrogen-bond donors (Lipinski definition) is 1. The first kappa shape index (κ1) is 33.1. The largest absolute Gasteiger partial charge is 0.375 e. The van der Waals surface area contributed by atoms with Gasteiger partial charge in [0.15, 0.2) is 5.13 Å². The molecule has 0 aliphatic carbocycles. The highest BCUT2D eigenvalue weighted by Gasteiger charge is 2.14. The number of hydrogen-bond acceptors (Lipinski definition) is 4. The quantitative estimate of drug-likeness (QED) is 0.230. The van der Waals surface area contributed by atoms with E-state index in [1.807, 2.05) is 0 Å². The number of benzene rings is 1. The first-order valence-corrected chi connectivity index (χ1v) is 12.5. The smallest absolute Gasteiger partial charge is 0.180 e. The second-order valence-electron chi connectivity index (χ2n) is 7.54. The van der Waals surface area contributed by atoms with Crippen molar-refractivity contribution in [3.05, 3.63) is 33.6 Å². The van der Waals surface area contributed by atoms with E-state index in [2.05, 4.69) is 63.9 Å². The Bertz CT molecular complexity index is 671. The summed E-state index contributed by atoms with van der Waals surface area (Å²) in [6.07, 6.45) is 11.6. The number of rotatable bonds is 14. The van der Waals surface area contributed by atoms with Crippen molar-refractivity contribution in [3.8, 4) is 11.3 Å². The van der Waals surface area contributed by atoms with Crippen molar-refractivity contribution in [2.24, 2.45) is 0 Å². The predicted molar refractivity (Wildman–Crippen MR) is 150 cm³/mol. The molecule has 8 heteroatoms. The summed E-state index contributed by atoms with van der Waals surface area (Å²) in [7, 11) is 0. The van der Waals surface area contributed by atoms with Crippen LogP contribution < -0.4 is 5.73 Å². The molecule has 2 rings (SSSR count). The van der Waals surface area contributed by atoms with Gasteiger partial charge in [-0.1, -0.05) is 80.4 Å². The number of aromatic nitrogens is 1. The topological polar surface area (TPSA) is 42.1 Å². The van der Waals surface area contributed by atoms with E-state index in [0.717, 1.165) is 28.7 Å². The second kappa shape index (κ2) is 19.4. The summed E-state index contributed by atoms with van der Waals surface area (Å²) in [5, 5.41) is 0.672. The van der Waals surface area contributed by atoms with Crippen LogP contribution in [0.25, 0.3) is 11.3 Å². The zero-order chi connectivity index (χ0) is 20.2. The number of nitrogens with zero attached hydrogens (tertiary/aromatic N) is 2. The Kier molecular flexibility index (Phi) is 20.8. The molecule has 3 nitrogen and oxygen atoms in total. The molecule has 0 saturated heterocycles. The lowest BCUT2D eigenvalue weighted by Crippen LogP contribution is -2.28. The third-order valence-corrected chi connectivity index (χ3v) is 6.62. The molecule has 0 atom stereocenters. The average molecular weight is 576 g/mol. The molecular weight excluding hydrogens is 537 g/mol. The molecule has 0 spiro atoms. The fraction of sp³-hybridized carbons (Fsp3) is 0.609. The Hall–Kier alpha value is -0.0400. The van der Waals surface area contributed by atoms with Gasteiger partial charge in [-0.3, -0.25) is 0 Å². The van der Waals surface area contributed by atoms with Crippen molar-refractivity contribution in [1.29, 1.82) is 0 Å². The van der Waals surface area contributed by atoms with E-state index >= 15 is 0 Å². The van der Waals surface area contributed by atoms with E-state index in [1.165, 1.54) is 69.3 Å². The lowest BCUT2D eigenvalue weighted by atomic mass is 10.1. The van der Waals surface area contributed by atoms with Crippen LogP contribution in [0.4, 0.5) is 5.13 Å². The maximum Gasteiger partial charge on any atom is 0.180 e. The molecule has 1 heterocycles. The Balaban J connectivity index is 0. The monoisotopic (exact) mass is 573 g/mol. The van der Waals surface area contributed by atoms with Crippen molar-refractivity contribution >= 4 is 69.6 Å². The van der Waals surface area contributed by atoms with Crippen LogP contribution in [0.3, 0.4) is 0 Å². The summed E-state index contributed by atoms with van der Waals surface area (Å²) in [4.78, 5) is 8.60. The summed E-state index contributed by atoms with van der Waals surface area (Å²) < 4.78 is 1.09. The molecule has 1 aromatic heterocycles. The fourth-order valence-electron chi connectivity index (χ4n) is 3.49. The van der Waals surface area contributed by atoms with Crippen LogP contribution in [0, 0.1) is 0 Å². The molecule has 2 aromatic rings. The standard InChI is InChI=1S/C23H36BrN3S.3ClH/c1-3-5-7-9-16-27(17-10-8-6-4-2)18-15-21-22(26-23(25)28-21)19-11-13-20(24)14-12-19;;;/h11-14H,3-10,15-18H2,1-2H3,(H2,25,26);3*1H. The van der Waals surface area contributed by atoms with E-state index in [9.17, 15) is 0 Å². The van der Waals surface area contributed by atoms with Crippen molar-refractivity contribution in [2.75, 3.05) is 25.4 Å². The van der Waals surface area contributed by atoms with Gasteiger partial charge in [-0.2, -0.15) is 0 Å². The molecule has 0 fully saturated rings. The fourth-order valence-corrected chi connectivity index (χ4v) is 4.60. The van der Waals surface area contributed by atoms with Crippen molar-refractivity contribution in [3.63, 3.8) is 0 Å². The summed E-state index contributed by atoms with van der Waals surface area (Å²) in [6, 6.07) is 8.38. The Morgan fingerprint density at radius 3 is 1.90 bits per heavy atom. The van der Waals surface area contributed by atoms with E-state index in [4.69, 9.17) is 5.73 Å². The Labute approximate surface area is 220 Å². The van der Waals surface area contributed by atoms with Gasteiger partial charge in [0.2, 0.25) is 0 Å². The normalized spacial score (nSPS) is 10.3. The molecule has 0 amide bonds. The minimum Gasteiger partial charge on any atom is -0.375 e. The van der Waals surface area contributed by atoms with Gasteiger partial charge >= 0.3 is 0 Å². The maximum absolute atomic E-state index is 6.06. The van der Waals surface area contributed by atoms with E-state index in [-0.39, 0.29) is 37.2 Å². The summed E-state index contributed by atoms with van der Waals surface area (Å²) in [5.74, 6) is 0. The number of unbranched alkanes of at least 4 members (excludes halogenated alkanes) is 6. The van der Waals surface area contributed by atoms with E-state index < -0.39 is 0 Å². The van der Waals surface area contributed by atoms with E-state index in [0.29, 0.717) is 5.13 Å². The molecule has 0 unspecified atom stereocenters. The van der Waals surface area contributed by atoms with Crippen LogP contribution in [0.15, 0.2) is 28.7 Å². The SMILES string of the molecule is CCCCCCN(CCCCCC)CCc1sc(N)nc1-c1ccc(Br)cc1.Cl.Cl.Cl. The molecule has 0 aliphatic rings. The Morgan fingerprint density at radius 1 is 0.839 bits per heavy atom. The molecule has 180 valence electrons. The minimum absolute atomic E-state index is 0. The van der Waals surface area contributed by atoms with Crippen molar-refractivity contribution < 1.29 is 0 Å². The molecule has 31 heavy (non-hydrogen) atoms. The third-order valence-electron chi connectivity index (χ3n) is 5.14. The zero-order valence-electron chi connectivity index (χ0n) is 18.8. The lowest BCUT2D eigenvalue weighted by Gasteiger charge is -2.22. The highest BCUT2D eigenvalue weighted by molar-refractivity contribution is 9.10.